The predicted octanol–water partition coefficient (Wildman–Crippen LogP) is 3.06. The van der Waals surface area contributed by atoms with Gasteiger partial charge in [-0.2, -0.15) is 0 Å². The quantitative estimate of drug-likeness (QED) is 0.745. The Morgan fingerprint density at radius 2 is 1.81 bits per heavy atom. The number of nitrogens with zero attached hydrogens (tertiary/aromatic N) is 2. The number of ether oxygens (including phenoxy) is 1. The van der Waals surface area contributed by atoms with Crippen LogP contribution in [-0.2, 0) is 20.9 Å². The van der Waals surface area contributed by atoms with Crippen molar-refractivity contribution in [1.82, 2.24) is 9.88 Å². The molecule has 1 saturated heterocycles. The second-order valence-corrected chi connectivity index (χ2v) is 8.30. The molecule has 1 aromatic heterocycles. The molecule has 2 fully saturated rings. The van der Waals surface area contributed by atoms with E-state index < -0.39 is 12.1 Å². The molecule has 1 aromatic carbocycles. The van der Waals surface area contributed by atoms with Crippen molar-refractivity contribution in [2.24, 2.45) is 5.92 Å². The Hall–Kier alpha value is -2.77. The van der Waals surface area contributed by atoms with Crippen molar-refractivity contribution in [1.29, 1.82) is 0 Å². The van der Waals surface area contributed by atoms with Crippen LogP contribution >= 0.6 is 0 Å². The summed E-state index contributed by atoms with van der Waals surface area (Å²) in [7, 11) is 0. The summed E-state index contributed by atoms with van der Waals surface area (Å²) < 4.78 is 5.81. The molecule has 7 heteroatoms. The lowest BCUT2D eigenvalue weighted by Gasteiger charge is -2.40. The summed E-state index contributed by atoms with van der Waals surface area (Å²) in [6.07, 6.45) is 8.30. The molecular weight excluding hydrogens is 394 g/mol. The Morgan fingerprint density at radius 1 is 1.10 bits per heavy atom. The first-order valence-corrected chi connectivity index (χ1v) is 11.0. The van der Waals surface area contributed by atoms with E-state index in [0.717, 1.165) is 42.5 Å². The molecule has 2 N–H and O–H groups in total. The van der Waals surface area contributed by atoms with Gasteiger partial charge in [0.25, 0.3) is 0 Å². The van der Waals surface area contributed by atoms with Crippen molar-refractivity contribution in [2.45, 2.75) is 50.8 Å². The lowest BCUT2D eigenvalue weighted by atomic mass is 9.88. The van der Waals surface area contributed by atoms with E-state index >= 15 is 0 Å². The standard InChI is InChI=1S/C24H29N3O4/c28-15-21-23(31-16-22(29)27(21)14-17-10-12-25-13-11-17)18-6-8-20(9-7-18)26-24(30)19-4-2-1-3-5-19/h6-13,19,21,23,28H,1-5,14-16H2,(H,26,30)/t21-,23-/m1/s1. The van der Waals surface area contributed by atoms with Gasteiger partial charge in [-0.25, -0.2) is 0 Å². The number of hydrogen-bond donors (Lipinski definition) is 2. The number of morpholine rings is 1. The second kappa shape index (κ2) is 10.0. The van der Waals surface area contributed by atoms with Crippen LogP contribution in [0.25, 0.3) is 0 Å². The molecule has 2 aromatic rings. The molecular formula is C24H29N3O4. The summed E-state index contributed by atoms with van der Waals surface area (Å²) in [5.74, 6) is 0.0360. The Balaban J connectivity index is 1.45. The van der Waals surface area contributed by atoms with Crippen LogP contribution in [0.5, 0.6) is 0 Å². The van der Waals surface area contributed by atoms with Crippen molar-refractivity contribution in [3.05, 3.63) is 59.9 Å². The summed E-state index contributed by atoms with van der Waals surface area (Å²) in [4.78, 5) is 30.7. The fraction of sp³-hybridized carbons (Fsp3) is 0.458. The van der Waals surface area contributed by atoms with Crippen molar-refractivity contribution < 1.29 is 19.4 Å². The van der Waals surface area contributed by atoms with Crippen LogP contribution in [0.4, 0.5) is 5.69 Å². The zero-order valence-electron chi connectivity index (χ0n) is 17.6. The molecule has 31 heavy (non-hydrogen) atoms. The SMILES string of the molecule is O=C(Nc1ccc([C@H]2OCC(=O)N(Cc3ccncc3)[C@@H]2CO)cc1)C1CCCCC1. The van der Waals surface area contributed by atoms with Gasteiger partial charge < -0.3 is 20.1 Å². The molecule has 1 aliphatic heterocycles. The van der Waals surface area contributed by atoms with E-state index in [1.54, 1.807) is 17.3 Å². The molecule has 2 atom stereocenters. The molecule has 1 aliphatic carbocycles. The van der Waals surface area contributed by atoms with Gasteiger partial charge in [0, 0.05) is 30.5 Å². The van der Waals surface area contributed by atoms with Crippen LogP contribution in [0.3, 0.4) is 0 Å². The Labute approximate surface area is 182 Å². The molecule has 7 nitrogen and oxygen atoms in total. The lowest BCUT2D eigenvalue weighted by molar-refractivity contribution is -0.162. The molecule has 1 saturated carbocycles. The van der Waals surface area contributed by atoms with E-state index in [1.807, 2.05) is 36.4 Å². The van der Waals surface area contributed by atoms with Crippen molar-refractivity contribution in [2.75, 3.05) is 18.5 Å². The molecule has 0 spiro atoms. The number of hydrogen-bond acceptors (Lipinski definition) is 5. The zero-order valence-corrected chi connectivity index (χ0v) is 17.6. The number of anilines is 1. The minimum absolute atomic E-state index is 0.0353. The highest BCUT2D eigenvalue weighted by molar-refractivity contribution is 5.92. The number of carbonyl (C=O) groups is 2. The van der Waals surface area contributed by atoms with Crippen LogP contribution < -0.4 is 5.32 Å². The third-order valence-electron chi connectivity index (χ3n) is 6.23. The second-order valence-electron chi connectivity index (χ2n) is 8.30. The minimum Gasteiger partial charge on any atom is -0.394 e. The Kier molecular flexibility index (Phi) is 6.94. The summed E-state index contributed by atoms with van der Waals surface area (Å²) in [6.45, 7) is 0.149. The van der Waals surface area contributed by atoms with E-state index in [-0.39, 0.29) is 30.9 Å². The highest BCUT2D eigenvalue weighted by Gasteiger charge is 2.37. The van der Waals surface area contributed by atoms with Gasteiger partial charge in [-0.05, 0) is 48.2 Å². The van der Waals surface area contributed by atoms with Gasteiger partial charge in [0.2, 0.25) is 11.8 Å². The fourth-order valence-electron chi connectivity index (χ4n) is 4.47. The largest absolute Gasteiger partial charge is 0.394 e. The number of rotatable bonds is 6. The highest BCUT2D eigenvalue weighted by Crippen LogP contribution is 2.31. The van der Waals surface area contributed by atoms with Gasteiger partial charge in [-0.3, -0.25) is 14.6 Å². The maximum Gasteiger partial charge on any atom is 0.249 e. The third-order valence-corrected chi connectivity index (χ3v) is 6.23. The average Bonchev–Trinajstić information content (AvgIpc) is 2.82. The minimum atomic E-state index is -0.489. The van der Waals surface area contributed by atoms with Crippen molar-refractivity contribution in [3.8, 4) is 0 Å². The number of pyridine rings is 1. The van der Waals surface area contributed by atoms with E-state index in [1.165, 1.54) is 6.42 Å². The average molecular weight is 424 g/mol. The van der Waals surface area contributed by atoms with E-state index in [0.29, 0.717) is 6.54 Å². The summed E-state index contributed by atoms with van der Waals surface area (Å²) in [5, 5.41) is 13.1. The topological polar surface area (TPSA) is 91.8 Å². The number of carbonyl (C=O) groups excluding carboxylic acids is 2. The monoisotopic (exact) mass is 423 g/mol. The van der Waals surface area contributed by atoms with Crippen molar-refractivity contribution >= 4 is 17.5 Å². The molecule has 2 heterocycles. The van der Waals surface area contributed by atoms with Gasteiger partial charge in [0.15, 0.2) is 0 Å². The van der Waals surface area contributed by atoms with Gasteiger partial charge in [-0.15, -0.1) is 0 Å². The van der Waals surface area contributed by atoms with Gasteiger partial charge in [0.1, 0.15) is 12.7 Å². The normalized spacial score (nSPS) is 22.4. The molecule has 2 aliphatic rings. The zero-order chi connectivity index (χ0) is 21.6. The molecule has 0 radical (unpaired) electrons. The maximum absolute atomic E-state index is 12.5. The van der Waals surface area contributed by atoms with Crippen molar-refractivity contribution in [3.63, 3.8) is 0 Å². The molecule has 4 rings (SSSR count). The Bertz CT molecular complexity index is 881. The lowest BCUT2D eigenvalue weighted by Crippen LogP contribution is -2.52. The van der Waals surface area contributed by atoms with Crippen LogP contribution in [0, 0.1) is 5.92 Å². The first-order valence-electron chi connectivity index (χ1n) is 11.0. The number of nitrogens with one attached hydrogen (secondary N) is 1. The first-order chi connectivity index (χ1) is 15.2. The van der Waals surface area contributed by atoms with Crippen LogP contribution in [0.1, 0.15) is 49.3 Å². The van der Waals surface area contributed by atoms with E-state index in [9.17, 15) is 14.7 Å². The molecule has 2 amide bonds. The fourth-order valence-corrected chi connectivity index (χ4v) is 4.47. The molecule has 0 unspecified atom stereocenters. The van der Waals surface area contributed by atoms with Crippen LogP contribution in [-0.4, -0.2) is 46.1 Å². The van der Waals surface area contributed by atoms with Gasteiger partial charge in [0.05, 0.1) is 12.6 Å². The maximum atomic E-state index is 12.5. The van der Waals surface area contributed by atoms with Gasteiger partial charge >= 0.3 is 0 Å². The predicted molar refractivity (Wildman–Crippen MR) is 116 cm³/mol. The first kappa shape index (κ1) is 21.5. The van der Waals surface area contributed by atoms with Gasteiger partial charge in [-0.1, -0.05) is 31.4 Å². The molecule has 164 valence electrons. The molecule has 0 bridgehead atoms. The summed E-state index contributed by atoms with van der Waals surface area (Å²) in [6, 6.07) is 10.7. The number of aliphatic hydroxyl groups excluding tert-OH is 1. The number of amides is 2. The van der Waals surface area contributed by atoms with Crippen LogP contribution in [0.2, 0.25) is 0 Å². The smallest absolute Gasteiger partial charge is 0.249 e. The summed E-state index contributed by atoms with van der Waals surface area (Å²) >= 11 is 0. The number of aliphatic hydroxyl groups is 1. The number of aromatic nitrogens is 1. The van der Waals surface area contributed by atoms with Crippen LogP contribution in [0.15, 0.2) is 48.8 Å². The number of benzene rings is 1. The Morgan fingerprint density at radius 3 is 2.48 bits per heavy atom. The van der Waals surface area contributed by atoms with E-state index in [2.05, 4.69) is 10.3 Å². The summed E-state index contributed by atoms with van der Waals surface area (Å²) in [5.41, 5.74) is 2.56. The highest BCUT2D eigenvalue weighted by atomic mass is 16.5. The third kappa shape index (κ3) is 5.11. The van der Waals surface area contributed by atoms with E-state index in [4.69, 9.17) is 4.74 Å².